The molecule has 2 unspecified atom stereocenters. The molecule has 2 aliphatic rings. The fraction of sp³-hybridized carbons (Fsp3) is 0.600. The first kappa shape index (κ1) is 20.7. The molecule has 30 heavy (non-hydrogen) atoms. The molecule has 1 aromatic carbocycles. The number of nitrogens with zero attached hydrogens (tertiary/aromatic N) is 3. The number of aromatic nitrogens is 2. The van der Waals surface area contributed by atoms with Crippen LogP contribution in [0.2, 0.25) is 0 Å². The Bertz CT molecular complexity index is 1090. The molecule has 1 saturated heterocycles. The van der Waals surface area contributed by atoms with E-state index in [4.69, 9.17) is 21.1 Å². The summed E-state index contributed by atoms with van der Waals surface area (Å²) in [5.41, 5.74) is 5.44. The minimum Gasteiger partial charge on any atom is -0.492 e. The normalized spacial score (nSPS) is 22.6. The van der Waals surface area contributed by atoms with Crippen molar-refractivity contribution in [2.45, 2.75) is 31.8 Å². The fourth-order valence-electron chi connectivity index (χ4n) is 4.64. The quantitative estimate of drug-likeness (QED) is 0.649. The van der Waals surface area contributed by atoms with E-state index < -0.39 is 17.1 Å². The summed E-state index contributed by atoms with van der Waals surface area (Å²) in [6.07, 6.45) is 1.58. The van der Waals surface area contributed by atoms with Crippen LogP contribution in [-0.4, -0.2) is 49.2 Å². The lowest BCUT2D eigenvalue weighted by molar-refractivity contribution is 0.152. The van der Waals surface area contributed by atoms with Gasteiger partial charge in [-0.3, -0.25) is 9.36 Å². The molecule has 4 rings (SSSR count). The molecule has 164 valence electrons. The third-order valence-corrected chi connectivity index (χ3v) is 6.30. The predicted octanol–water partition coefficient (Wildman–Crippen LogP) is 0.406. The number of nitrogen functional groups attached to an aromatic ring is 1. The maximum absolute atomic E-state index is 15.3. The fourth-order valence-corrected chi connectivity index (χ4v) is 4.64. The summed E-state index contributed by atoms with van der Waals surface area (Å²) in [4.78, 5) is 27.2. The molecule has 2 aromatic rings. The molecule has 2 fully saturated rings. The summed E-state index contributed by atoms with van der Waals surface area (Å²) in [7, 11) is 3.02. The summed E-state index contributed by atoms with van der Waals surface area (Å²) in [6.45, 7) is 3.57. The van der Waals surface area contributed by atoms with E-state index in [9.17, 15) is 9.59 Å². The summed E-state index contributed by atoms with van der Waals surface area (Å²) < 4.78 is 28.1. The van der Waals surface area contributed by atoms with Crippen LogP contribution in [0.5, 0.6) is 5.75 Å². The number of ether oxygens (including phenoxy) is 2. The van der Waals surface area contributed by atoms with E-state index in [0.717, 1.165) is 18.9 Å². The monoisotopic (exact) mass is 421 g/mol. The molecular formula is C20H28FN5O4. The van der Waals surface area contributed by atoms with Crippen LogP contribution in [0.1, 0.15) is 25.8 Å². The molecule has 9 nitrogen and oxygen atoms in total. The Morgan fingerprint density at radius 1 is 1.27 bits per heavy atom. The maximum atomic E-state index is 15.3. The lowest BCUT2D eigenvalue weighted by atomic mass is 9.91. The van der Waals surface area contributed by atoms with Crippen molar-refractivity contribution >= 4 is 16.6 Å². The Morgan fingerprint density at radius 3 is 2.57 bits per heavy atom. The first-order valence-corrected chi connectivity index (χ1v) is 10.1. The van der Waals surface area contributed by atoms with Crippen LogP contribution in [0, 0.1) is 17.7 Å². The molecule has 10 heteroatoms. The van der Waals surface area contributed by atoms with Crippen molar-refractivity contribution in [1.82, 2.24) is 9.24 Å². The molecule has 4 N–H and O–H groups in total. The molecule has 1 saturated carbocycles. The number of hydrogen-bond acceptors (Lipinski definition) is 7. The van der Waals surface area contributed by atoms with E-state index in [1.54, 1.807) is 7.11 Å². The van der Waals surface area contributed by atoms with Crippen molar-refractivity contribution in [3.05, 3.63) is 32.7 Å². The molecule has 0 amide bonds. The smallest absolute Gasteiger partial charge is 0.350 e. The van der Waals surface area contributed by atoms with E-state index in [0.29, 0.717) is 29.9 Å². The number of hydrogen-bond donors (Lipinski definition) is 2. The summed E-state index contributed by atoms with van der Waals surface area (Å²) in [6, 6.07) is 0.895. The Morgan fingerprint density at radius 2 is 1.97 bits per heavy atom. The molecule has 0 bridgehead atoms. The molecule has 2 heterocycles. The van der Waals surface area contributed by atoms with Crippen LogP contribution in [0.4, 0.5) is 10.1 Å². The molecule has 0 radical (unpaired) electrons. The van der Waals surface area contributed by atoms with Gasteiger partial charge in [-0.2, -0.15) is 4.68 Å². The summed E-state index contributed by atoms with van der Waals surface area (Å²) in [5, 5.41) is 0.0296. The maximum Gasteiger partial charge on any atom is 0.350 e. The topological polar surface area (TPSA) is 118 Å². The van der Waals surface area contributed by atoms with Crippen molar-refractivity contribution in [2.24, 2.45) is 17.6 Å². The average molecular weight is 421 g/mol. The number of halogens is 1. The highest BCUT2D eigenvalue weighted by molar-refractivity contribution is 5.91. The molecule has 1 aliphatic heterocycles. The molecule has 1 aromatic heterocycles. The number of rotatable bonds is 6. The highest BCUT2D eigenvalue weighted by Gasteiger charge is 2.38. The second kappa shape index (κ2) is 7.59. The summed E-state index contributed by atoms with van der Waals surface area (Å²) >= 11 is 0. The second-order valence-electron chi connectivity index (χ2n) is 8.36. The number of methoxy groups -OCH3 is 2. The van der Waals surface area contributed by atoms with Gasteiger partial charge in [0.25, 0.3) is 5.56 Å². The molecular weight excluding hydrogens is 393 g/mol. The van der Waals surface area contributed by atoms with Crippen molar-refractivity contribution in [2.75, 3.05) is 44.7 Å². The standard InChI is InChI=1S/C20H28FN5O4/c1-10-7-24(8-13(10)15(22)9-29-2)17-14(21)6-12-16(18(17)30-3)25(11-4-5-11)20(28)26(23)19(12)27/h6,10-11,13,15H,4-5,7-9,22-23H2,1-3H3/t10?,13?,15-/m0/s1. The van der Waals surface area contributed by atoms with E-state index in [1.807, 2.05) is 4.90 Å². The van der Waals surface area contributed by atoms with Crippen LogP contribution in [0.15, 0.2) is 15.7 Å². The first-order chi connectivity index (χ1) is 14.3. The van der Waals surface area contributed by atoms with Gasteiger partial charge in [0.1, 0.15) is 11.2 Å². The van der Waals surface area contributed by atoms with Gasteiger partial charge in [0.2, 0.25) is 0 Å². The number of anilines is 1. The highest BCUT2D eigenvalue weighted by Crippen LogP contribution is 2.44. The first-order valence-electron chi connectivity index (χ1n) is 10.1. The van der Waals surface area contributed by atoms with Crippen LogP contribution < -0.4 is 32.5 Å². The van der Waals surface area contributed by atoms with Gasteiger partial charge in [-0.25, -0.2) is 9.18 Å². The minimum absolute atomic E-state index is 0.0296. The highest BCUT2D eigenvalue weighted by atomic mass is 19.1. The number of nitrogens with two attached hydrogens (primary N) is 2. The molecule has 3 atom stereocenters. The van der Waals surface area contributed by atoms with E-state index >= 15 is 4.39 Å². The van der Waals surface area contributed by atoms with Crippen LogP contribution in [0.3, 0.4) is 0 Å². The van der Waals surface area contributed by atoms with Crippen LogP contribution in [0.25, 0.3) is 10.9 Å². The van der Waals surface area contributed by atoms with Gasteiger partial charge in [-0.1, -0.05) is 6.92 Å². The SMILES string of the molecule is COC[C@H](N)C1CN(c2c(F)cc3c(=O)n(N)c(=O)n(C4CC4)c3c2OC)CC1C. The minimum atomic E-state index is -0.745. The molecule has 1 aliphatic carbocycles. The van der Waals surface area contributed by atoms with E-state index in [-0.39, 0.29) is 40.7 Å². The number of fused-ring (bicyclic) bond motifs is 1. The molecule has 0 spiro atoms. The van der Waals surface area contributed by atoms with Crippen molar-refractivity contribution in [1.29, 1.82) is 0 Å². The number of benzene rings is 1. The predicted molar refractivity (Wildman–Crippen MR) is 112 cm³/mol. The third kappa shape index (κ3) is 3.14. The van der Waals surface area contributed by atoms with Gasteiger partial charge < -0.3 is 25.9 Å². The van der Waals surface area contributed by atoms with Crippen molar-refractivity contribution < 1.29 is 13.9 Å². The second-order valence-corrected chi connectivity index (χ2v) is 8.36. The summed E-state index contributed by atoms with van der Waals surface area (Å²) in [5.74, 6) is 5.58. The van der Waals surface area contributed by atoms with Crippen LogP contribution in [-0.2, 0) is 4.74 Å². The van der Waals surface area contributed by atoms with Gasteiger partial charge in [0, 0.05) is 32.3 Å². The average Bonchev–Trinajstić information content (AvgIpc) is 3.47. The lowest BCUT2D eigenvalue weighted by Crippen LogP contribution is -2.44. The van der Waals surface area contributed by atoms with Crippen molar-refractivity contribution in [3.8, 4) is 5.75 Å². The van der Waals surface area contributed by atoms with Gasteiger partial charge in [-0.15, -0.1) is 0 Å². The third-order valence-electron chi connectivity index (χ3n) is 6.30. The van der Waals surface area contributed by atoms with Gasteiger partial charge in [-0.05, 0) is 30.7 Å². The Kier molecular flexibility index (Phi) is 5.23. The van der Waals surface area contributed by atoms with E-state index in [1.165, 1.54) is 11.7 Å². The Labute approximate surface area is 172 Å². The Balaban J connectivity index is 1.91. The zero-order valence-electron chi connectivity index (χ0n) is 17.4. The largest absolute Gasteiger partial charge is 0.492 e. The van der Waals surface area contributed by atoms with Crippen LogP contribution >= 0.6 is 0 Å². The van der Waals surface area contributed by atoms with Gasteiger partial charge >= 0.3 is 5.69 Å². The van der Waals surface area contributed by atoms with E-state index in [2.05, 4.69) is 6.92 Å². The van der Waals surface area contributed by atoms with Gasteiger partial charge in [0.15, 0.2) is 11.6 Å². The lowest BCUT2D eigenvalue weighted by Gasteiger charge is -2.25. The Hall–Kier alpha value is -2.59. The zero-order valence-corrected chi connectivity index (χ0v) is 17.4. The van der Waals surface area contributed by atoms with Gasteiger partial charge in [0.05, 0.1) is 19.1 Å². The van der Waals surface area contributed by atoms with Crippen molar-refractivity contribution in [3.63, 3.8) is 0 Å². The zero-order chi connectivity index (χ0) is 21.7.